The number of rotatable bonds is 3. The average molecular weight is 343 g/mol. The Bertz CT molecular complexity index is 972. The Morgan fingerprint density at radius 2 is 1.62 bits per heavy atom. The van der Waals surface area contributed by atoms with Gasteiger partial charge in [0.25, 0.3) is 5.16 Å². The molecule has 0 saturated heterocycles. The Balaban J connectivity index is 1.79. The first kappa shape index (κ1) is 15.0. The van der Waals surface area contributed by atoms with E-state index in [9.17, 15) is 12.8 Å². The van der Waals surface area contributed by atoms with Gasteiger partial charge in [0.15, 0.2) is 12.0 Å². The molecule has 3 aromatic rings. The molecule has 0 aliphatic carbocycles. The van der Waals surface area contributed by atoms with E-state index in [0.29, 0.717) is 0 Å². The minimum Gasteiger partial charge on any atom is -0.239 e. The van der Waals surface area contributed by atoms with E-state index in [0.717, 1.165) is 5.56 Å². The van der Waals surface area contributed by atoms with Gasteiger partial charge in [0, 0.05) is 6.42 Å². The molecule has 1 aliphatic rings. The van der Waals surface area contributed by atoms with Gasteiger partial charge in [0.1, 0.15) is 0 Å². The maximum Gasteiger partial charge on any atom is 0.272 e. The highest BCUT2D eigenvalue weighted by Crippen LogP contribution is 2.39. The molecule has 0 amide bonds. The zero-order valence-electron chi connectivity index (χ0n) is 12.6. The number of hydrogen-bond acceptors (Lipinski definition) is 4. The molecule has 1 aromatic heterocycles. The summed E-state index contributed by atoms with van der Waals surface area (Å²) < 4.78 is 41.0. The van der Waals surface area contributed by atoms with Crippen molar-refractivity contribution < 1.29 is 12.8 Å². The second-order valence-electron chi connectivity index (χ2n) is 5.64. The summed E-state index contributed by atoms with van der Waals surface area (Å²) in [4.78, 5) is 4.08. The molecule has 4 rings (SSSR count). The summed E-state index contributed by atoms with van der Waals surface area (Å²) in [5.74, 6) is 0.0679. The van der Waals surface area contributed by atoms with Gasteiger partial charge in [-0.05, 0) is 17.7 Å². The molecule has 0 radical (unpaired) electrons. The van der Waals surface area contributed by atoms with Gasteiger partial charge < -0.3 is 0 Å². The van der Waals surface area contributed by atoms with Crippen molar-refractivity contribution in [3.8, 4) is 0 Å². The summed E-state index contributed by atoms with van der Waals surface area (Å²) in [7, 11) is -3.86. The molecule has 24 heavy (non-hydrogen) atoms. The number of aromatic nitrogens is 3. The minimum atomic E-state index is -3.86. The molecule has 2 heterocycles. The Morgan fingerprint density at radius 3 is 2.29 bits per heavy atom. The van der Waals surface area contributed by atoms with Gasteiger partial charge in [-0.25, -0.2) is 17.5 Å². The highest BCUT2D eigenvalue weighted by Gasteiger charge is 2.37. The van der Waals surface area contributed by atoms with Gasteiger partial charge in [-0.3, -0.25) is 0 Å². The molecule has 0 unspecified atom stereocenters. The number of alkyl halides is 1. The third kappa shape index (κ3) is 2.32. The standard InChI is InChI=1S/C17H14FN3O2S/c18-14-11-15(12-7-3-1-4-8-12)21-16(14)19-17(20-21)24(22,23)13-9-5-2-6-10-13/h1-10,14-15H,11H2/t14-,15-/m0/s1. The predicted molar refractivity (Wildman–Crippen MR) is 85.0 cm³/mol. The molecule has 2 atom stereocenters. The molecule has 0 N–H and O–H groups in total. The SMILES string of the molecule is O=S(=O)(c1ccccc1)c1nc2n(n1)[C@H](c1ccccc1)C[C@@H]2F. The molecule has 7 heteroatoms. The second-order valence-corrected chi connectivity index (χ2v) is 7.49. The van der Waals surface area contributed by atoms with Crippen LogP contribution in [0.1, 0.15) is 30.0 Å². The van der Waals surface area contributed by atoms with Crippen LogP contribution in [-0.2, 0) is 9.84 Å². The van der Waals surface area contributed by atoms with Gasteiger partial charge in [-0.1, -0.05) is 48.5 Å². The fourth-order valence-corrected chi connectivity index (χ4v) is 4.07. The summed E-state index contributed by atoms with van der Waals surface area (Å²) in [6.07, 6.45) is -1.12. The Labute approximate surface area is 138 Å². The maximum absolute atomic E-state index is 14.3. The summed E-state index contributed by atoms with van der Waals surface area (Å²) >= 11 is 0. The van der Waals surface area contributed by atoms with Crippen LogP contribution in [0.25, 0.3) is 0 Å². The maximum atomic E-state index is 14.3. The topological polar surface area (TPSA) is 64.8 Å². The summed E-state index contributed by atoms with van der Waals surface area (Å²) in [6.45, 7) is 0. The molecular formula is C17H14FN3O2S. The van der Waals surface area contributed by atoms with Crippen molar-refractivity contribution in [1.82, 2.24) is 14.8 Å². The second kappa shape index (κ2) is 5.52. The number of hydrogen-bond donors (Lipinski definition) is 0. The summed E-state index contributed by atoms with van der Waals surface area (Å²) in [5, 5.41) is 3.77. The monoisotopic (exact) mass is 343 g/mol. The molecule has 0 fully saturated rings. The zero-order valence-corrected chi connectivity index (χ0v) is 13.4. The summed E-state index contributed by atoms with van der Waals surface area (Å²) in [5.41, 5.74) is 0.882. The van der Waals surface area contributed by atoms with Crippen LogP contribution in [0.15, 0.2) is 70.7 Å². The molecule has 0 spiro atoms. The third-order valence-electron chi connectivity index (χ3n) is 4.12. The zero-order chi connectivity index (χ0) is 16.7. The van der Waals surface area contributed by atoms with Crippen LogP contribution in [0.4, 0.5) is 4.39 Å². The van der Waals surface area contributed by atoms with Gasteiger partial charge in [-0.15, -0.1) is 5.10 Å². The van der Waals surface area contributed by atoms with Crippen molar-refractivity contribution in [3.05, 3.63) is 72.1 Å². The smallest absolute Gasteiger partial charge is 0.239 e. The Kier molecular flexibility index (Phi) is 3.45. The lowest BCUT2D eigenvalue weighted by molar-refractivity contribution is 0.326. The van der Waals surface area contributed by atoms with E-state index >= 15 is 0 Å². The number of sulfone groups is 1. The number of nitrogens with zero attached hydrogens (tertiary/aromatic N) is 3. The van der Waals surface area contributed by atoms with Gasteiger partial charge in [-0.2, -0.15) is 4.98 Å². The Hall–Kier alpha value is -2.54. The van der Waals surface area contributed by atoms with E-state index < -0.39 is 16.0 Å². The summed E-state index contributed by atoms with van der Waals surface area (Å²) in [6, 6.07) is 16.9. The molecule has 122 valence electrons. The van der Waals surface area contributed by atoms with Crippen LogP contribution in [0, 0.1) is 0 Å². The molecule has 0 bridgehead atoms. The first-order chi connectivity index (χ1) is 11.6. The van der Waals surface area contributed by atoms with Crippen LogP contribution in [0.2, 0.25) is 0 Å². The van der Waals surface area contributed by atoms with Crippen LogP contribution in [0.3, 0.4) is 0 Å². The van der Waals surface area contributed by atoms with Crippen molar-refractivity contribution in [2.75, 3.05) is 0 Å². The normalized spacial score (nSPS) is 20.0. The van der Waals surface area contributed by atoms with Crippen LogP contribution >= 0.6 is 0 Å². The van der Waals surface area contributed by atoms with Gasteiger partial charge >= 0.3 is 0 Å². The molecule has 2 aromatic carbocycles. The highest BCUT2D eigenvalue weighted by atomic mass is 32.2. The van der Waals surface area contributed by atoms with Crippen molar-refractivity contribution in [3.63, 3.8) is 0 Å². The Morgan fingerprint density at radius 1 is 1.00 bits per heavy atom. The quantitative estimate of drug-likeness (QED) is 0.733. The number of halogens is 1. The van der Waals surface area contributed by atoms with Crippen LogP contribution < -0.4 is 0 Å². The molecule has 1 aliphatic heterocycles. The van der Waals surface area contributed by atoms with Crippen molar-refractivity contribution in [2.45, 2.75) is 28.7 Å². The first-order valence-corrected chi connectivity index (χ1v) is 9.01. The van der Waals surface area contributed by atoms with Crippen molar-refractivity contribution >= 4 is 9.84 Å². The average Bonchev–Trinajstić information content (AvgIpc) is 3.18. The lowest BCUT2D eigenvalue weighted by Gasteiger charge is -2.11. The molecule has 0 saturated carbocycles. The first-order valence-electron chi connectivity index (χ1n) is 7.53. The molecule has 5 nitrogen and oxygen atoms in total. The van der Waals surface area contributed by atoms with E-state index in [1.54, 1.807) is 18.2 Å². The van der Waals surface area contributed by atoms with E-state index in [-0.39, 0.29) is 28.3 Å². The van der Waals surface area contributed by atoms with E-state index in [1.165, 1.54) is 16.8 Å². The van der Waals surface area contributed by atoms with Gasteiger partial charge in [0.05, 0.1) is 10.9 Å². The largest absolute Gasteiger partial charge is 0.272 e. The van der Waals surface area contributed by atoms with Crippen LogP contribution in [0.5, 0.6) is 0 Å². The van der Waals surface area contributed by atoms with Crippen LogP contribution in [-0.4, -0.2) is 23.2 Å². The predicted octanol–water partition coefficient (Wildman–Crippen LogP) is 3.11. The molecular weight excluding hydrogens is 329 g/mol. The van der Waals surface area contributed by atoms with E-state index in [2.05, 4.69) is 10.1 Å². The van der Waals surface area contributed by atoms with Crippen molar-refractivity contribution in [1.29, 1.82) is 0 Å². The number of fused-ring (bicyclic) bond motifs is 1. The van der Waals surface area contributed by atoms with E-state index in [1.807, 2.05) is 30.3 Å². The fraction of sp³-hybridized carbons (Fsp3) is 0.176. The minimum absolute atomic E-state index is 0.0679. The lowest BCUT2D eigenvalue weighted by Crippen LogP contribution is -2.10. The third-order valence-corrected chi connectivity index (χ3v) is 5.67. The number of benzene rings is 2. The van der Waals surface area contributed by atoms with E-state index in [4.69, 9.17) is 0 Å². The fourth-order valence-electron chi connectivity index (χ4n) is 2.93. The lowest BCUT2D eigenvalue weighted by atomic mass is 10.0. The highest BCUT2D eigenvalue weighted by molar-refractivity contribution is 7.91. The van der Waals surface area contributed by atoms with Gasteiger partial charge in [0.2, 0.25) is 9.84 Å². The van der Waals surface area contributed by atoms with Crippen molar-refractivity contribution in [2.24, 2.45) is 0 Å².